The number of aromatic nitrogens is 2. The molecule has 0 unspecified atom stereocenters. The summed E-state index contributed by atoms with van der Waals surface area (Å²) in [5, 5.41) is 0. The van der Waals surface area contributed by atoms with Crippen molar-refractivity contribution in [2.75, 3.05) is 0 Å². The molecule has 0 aliphatic heterocycles. The Hall–Kier alpha value is -1.72. The first-order valence-corrected chi connectivity index (χ1v) is 4.73. The molecule has 0 amide bonds. The zero-order chi connectivity index (χ0) is 11.9. The molecule has 0 fully saturated rings. The third kappa shape index (κ3) is 1.60. The van der Waals surface area contributed by atoms with Gasteiger partial charge in [0.05, 0.1) is 16.6 Å². The molecule has 3 nitrogen and oxygen atoms in total. The molecule has 16 heavy (non-hydrogen) atoms. The quantitative estimate of drug-likeness (QED) is 0.802. The SMILES string of the molecule is CCn1c(=O)[nH]c2ccc(C(F)(F)F)cc21. The van der Waals surface area contributed by atoms with Gasteiger partial charge in [0.1, 0.15) is 0 Å². The number of fused-ring (bicyclic) bond motifs is 1. The predicted molar refractivity (Wildman–Crippen MR) is 53.2 cm³/mol. The van der Waals surface area contributed by atoms with E-state index < -0.39 is 17.4 Å². The Bertz CT molecular complexity index is 580. The molecule has 0 radical (unpaired) electrons. The van der Waals surface area contributed by atoms with E-state index in [9.17, 15) is 18.0 Å². The first-order valence-electron chi connectivity index (χ1n) is 4.73. The highest BCUT2D eigenvalue weighted by Gasteiger charge is 2.30. The van der Waals surface area contributed by atoms with Crippen molar-refractivity contribution >= 4 is 11.0 Å². The van der Waals surface area contributed by atoms with Gasteiger partial charge in [-0.15, -0.1) is 0 Å². The van der Waals surface area contributed by atoms with Crippen LogP contribution in [0.1, 0.15) is 12.5 Å². The van der Waals surface area contributed by atoms with Gasteiger partial charge in [0, 0.05) is 6.54 Å². The van der Waals surface area contributed by atoms with Crippen molar-refractivity contribution < 1.29 is 13.2 Å². The Labute approximate surface area is 88.5 Å². The Morgan fingerprint density at radius 2 is 2.06 bits per heavy atom. The fraction of sp³-hybridized carbons (Fsp3) is 0.300. The number of aryl methyl sites for hydroxylation is 1. The van der Waals surface area contributed by atoms with E-state index in [1.54, 1.807) is 6.92 Å². The molecular formula is C10H9F3N2O. The maximum Gasteiger partial charge on any atom is 0.416 e. The maximum absolute atomic E-state index is 12.5. The summed E-state index contributed by atoms with van der Waals surface area (Å²) in [6.07, 6.45) is -4.39. The van der Waals surface area contributed by atoms with Gasteiger partial charge in [-0.25, -0.2) is 4.79 Å². The van der Waals surface area contributed by atoms with Crippen molar-refractivity contribution in [3.63, 3.8) is 0 Å². The van der Waals surface area contributed by atoms with Crippen molar-refractivity contribution in [2.24, 2.45) is 0 Å². The first-order chi connectivity index (χ1) is 7.43. The summed E-state index contributed by atoms with van der Waals surface area (Å²) in [5.41, 5.74) is -0.444. The fourth-order valence-electron chi connectivity index (χ4n) is 1.64. The molecule has 0 saturated carbocycles. The minimum absolute atomic E-state index is 0.280. The van der Waals surface area contributed by atoms with Crippen molar-refractivity contribution in [3.05, 3.63) is 34.2 Å². The lowest BCUT2D eigenvalue weighted by atomic mass is 10.2. The summed E-state index contributed by atoms with van der Waals surface area (Å²) >= 11 is 0. The number of nitrogens with zero attached hydrogens (tertiary/aromatic N) is 1. The molecule has 1 aromatic carbocycles. The second-order valence-electron chi connectivity index (χ2n) is 3.40. The zero-order valence-electron chi connectivity index (χ0n) is 8.43. The number of benzene rings is 1. The van der Waals surface area contributed by atoms with Crippen LogP contribution in [0.2, 0.25) is 0 Å². The molecule has 86 valence electrons. The van der Waals surface area contributed by atoms with E-state index >= 15 is 0 Å². The fourth-order valence-corrected chi connectivity index (χ4v) is 1.64. The van der Waals surface area contributed by atoms with Crippen LogP contribution in [0.25, 0.3) is 11.0 Å². The van der Waals surface area contributed by atoms with E-state index in [1.165, 1.54) is 10.6 Å². The van der Waals surface area contributed by atoms with Crippen LogP contribution in [0.5, 0.6) is 0 Å². The minimum atomic E-state index is -4.39. The highest BCUT2D eigenvalue weighted by atomic mass is 19.4. The summed E-state index contributed by atoms with van der Waals surface area (Å²) in [4.78, 5) is 13.9. The Morgan fingerprint density at radius 3 is 2.62 bits per heavy atom. The molecule has 0 bridgehead atoms. The average Bonchev–Trinajstić information content (AvgIpc) is 2.50. The minimum Gasteiger partial charge on any atom is -0.306 e. The number of rotatable bonds is 1. The number of alkyl halides is 3. The Morgan fingerprint density at radius 1 is 1.38 bits per heavy atom. The molecule has 1 aromatic heterocycles. The highest BCUT2D eigenvalue weighted by Crippen LogP contribution is 2.30. The lowest BCUT2D eigenvalue weighted by molar-refractivity contribution is -0.137. The van der Waals surface area contributed by atoms with E-state index in [0.717, 1.165) is 12.1 Å². The first kappa shape index (κ1) is 10.8. The normalized spacial score (nSPS) is 12.2. The third-order valence-corrected chi connectivity index (χ3v) is 2.42. The van der Waals surface area contributed by atoms with Gasteiger partial charge in [-0.05, 0) is 25.1 Å². The molecule has 0 aliphatic carbocycles. The van der Waals surface area contributed by atoms with Gasteiger partial charge in [0.25, 0.3) is 0 Å². The number of nitrogens with one attached hydrogen (secondary N) is 1. The van der Waals surface area contributed by atoms with Gasteiger partial charge in [-0.1, -0.05) is 0 Å². The smallest absolute Gasteiger partial charge is 0.306 e. The van der Waals surface area contributed by atoms with Gasteiger partial charge in [0.15, 0.2) is 0 Å². The van der Waals surface area contributed by atoms with Gasteiger partial charge < -0.3 is 4.98 Å². The van der Waals surface area contributed by atoms with Crippen LogP contribution >= 0.6 is 0 Å². The highest BCUT2D eigenvalue weighted by molar-refractivity contribution is 5.76. The third-order valence-electron chi connectivity index (χ3n) is 2.42. The van der Waals surface area contributed by atoms with Crippen LogP contribution in [0.4, 0.5) is 13.2 Å². The average molecular weight is 230 g/mol. The van der Waals surface area contributed by atoms with Gasteiger partial charge in [0.2, 0.25) is 0 Å². The summed E-state index contributed by atoms with van der Waals surface area (Å²) in [7, 11) is 0. The topological polar surface area (TPSA) is 37.8 Å². The summed E-state index contributed by atoms with van der Waals surface area (Å²) in [6.45, 7) is 2.04. The number of hydrogen-bond acceptors (Lipinski definition) is 1. The number of H-pyrrole nitrogens is 1. The van der Waals surface area contributed by atoms with Gasteiger partial charge >= 0.3 is 11.9 Å². The van der Waals surface area contributed by atoms with Crippen molar-refractivity contribution in [1.29, 1.82) is 0 Å². The van der Waals surface area contributed by atoms with E-state index in [0.29, 0.717) is 12.1 Å². The van der Waals surface area contributed by atoms with Gasteiger partial charge in [-0.2, -0.15) is 13.2 Å². The number of aromatic amines is 1. The molecule has 1 N–H and O–H groups in total. The number of hydrogen-bond donors (Lipinski definition) is 1. The number of halogens is 3. The molecular weight excluding hydrogens is 221 g/mol. The predicted octanol–water partition coefficient (Wildman–Crippen LogP) is 2.37. The van der Waals surface area contributed by atoms with Crippen LogP contribution in [0.15, 0.2) is 23.0 Å². The molecule has 2 rings (SSSR count). The van der Waals surface area contributed by atoms with Crippen molar-refractivity contribution in [1.82, 2.24) is 9.55 Å². The van der Waals surface area contributed by atoms with Crippen LogP contribution in [-0.4, -0.2) is 9.55 Å². The standard InChI is InChI=1S/C10H9F3N2O/c1-2-15-8-5-6(10(11,12)13)3-4-7(8)14-9(15)16/h3-5H,2H2,1H3,(H,14,16). The monoisotopic (exact) mass is 230 g/mol. The molecule has 0 atom stereocenters. The van der Waals surface area contributed by atoms with E-state index in [4.69, 9.17) is 0 Å². The lowest BCUT2D eigenvalue weighted by Crippen LogP contribution is -2.15. The van der Waals surface area contributed by atoms with Gasteiger partial charge in [-0.3, -0.25) is 4.57 Å². The second kappa shape index (κ2) is 3.40. The van der Waals surface area contributed by atoms with Crippen LogP contribution in [0, 0.1) is 0 Å². The largest absolute Gasteiger partial charge is 0.416 e. The Balaban J connectivity index is 2.74. The summed E-state index contributed by atoms with van der Waals surface area (Å²) in [6, 6.07) is 3.21. The van der Waals surface area contributed by atoms with E-state index in [2.05, 4.69) is 4.98 Å². The Kier molecular flexibility index (Phi) is 2.29. The maximum atomic E-state index is 12.5. The number of imidazole rings is 1. The summed E-state index contributed by atoms with van der Waals surface area (Å²) in [5.74, 6) is 0. The molecule has 6 heteroatoms. The van der Waals surface area contributed by atoms with Crippen molar-refractivity contribution in [3.8, 4) is 0 Å². The molecule has 0 aliphatic rings. The zero-order valence-corrected chi connectivity index (χ0v) is 8.43. The second-order valence-corrected chi connectivity index (χ2v) is 3.40. The molecule has 2 aromatic rings. The molecule has 0 saturated heterocycles. The summed E-state index contributed by atoms with van der Waals surface area (Å²) < 4.78 is 38.7. The van der Waals surface area contributed by atoms with E-state index in [1.807, 2.05) is 0 Å². The van der Waals surface area contributed by atoms with Crippen LogP contribution in [0.3, 0.4) is 0 Å². The van der Waals surface area contributed by atoms with E-state index in [-0.39, 0.29) is 5.52 Å². The van der Waals surface area contributed by atoms with Crippen molar-refractivity contribution in [2.45, 2.75) is 19.6 Å². The molecule has 0 spiro atoms. The van der Waals surface area contributed by atoms with Crippen LogP contribution in [-0.2, 0) is 12.7 Å². The molecule has 1 heterocycles. The lowest BCUT2D eigenvalue weighted by Gasteiger charge is -2.06. The van der Waals surface area contributed by atoms with Crippen LogP contribution < -0.4 is 5.69 Å².